The van der Waals surface area contributed by atoms with Crippen molar-refractivity contribution in [2.24, 2.45) is 5.14 Å². The standard InChI is InChI=1S/C20H26N2O4S/c1-2-3-4-5-6-15-26-18-11-7-16(8-12-18)20(23)22-17-9-13-19(14-10-17)27(21,24)25/h7-14H,2-6,15H2,1H3,(H,22,23)(H2,21,24,25). The summed E-state index contributed by atoms with van der Waals surface area (Å²) in [4.78, 5) is 12.3. The zero-order chi connectivity index (χ0) is 19.7. The van der Waals surface area contributed by atoms with Gasteiger partial charge in [-0.05, 0) is 55.0 Å². The molecule has 0 heterocycles. The molecule has 146 valence electrons. The topological polar surface area (TPSA) is 98.5 Å². The molecule has 1 amide bonds. The van der Waals surface area contributed by atoms with Crippen molar-refractivity contribution >= 4 is 21.6 Å². The molecule has 0 atom stereocenters. The van der Waals surface area contributed by atoms with Gasteiger partial charge in [0.1, 0.15) is 5.75 Å². The minimum Gasteiger partial charge on any atom is -0.494 e. The van der Waals surface area contributed by atoms with Gasteiger partial charge in [0, 0.05) is 11.3 Å². The highest BCUT2D eigenvalue weighted by molar-refractivity contribution is 7.89. The largest absolute Gasteiger partial charge is 0.494 e. The number of carbonyl (C=O) groups is 1. The molecule has 0 fully saturated rings. The number of nitrogens with one attached hydrogen (secondary N) is 1. The van der Waals surface area contributed by atoms with Crippen molar-refractivity contribution in [1.82, 2.24) is 0 Å². The smallest absolute Gasteiger partial charge is 0.255 e. The van der Waals surface area contributed by atoms with Gasteiger partial charge in [0.2, 0.25) is 10.0 Å². The normalized spacial score (nSPS) is 11.2. The molecule has 6 nitrogen and oxygen atoms in total. The Labute approximate surface area is 160 Å². The summed E-state index contributed by atoms with van der Waals surface area (Å²) in [7, 11) is -3.75. The molecule has 0 aliphatic carbocycles. The first-order valence-electron chi connectivity index (χ1n) is 9.07. The zero-order valence-electron chi connectivity index (χ0n) is 15.5. The Bertz CT molecular complexity index is 831. The van der Waals surface area contributed by atoms with Crippen LogP contribution in [-0.4, -0.2) is 20.9 Å². The monoisotopic (exact) mass is 390 g/mol. The molecule has 7 heteroatoms. The quantitative estimate of drug-likeness (QED) is 0.600. The SMILES string of the molecule is CCCCCCCOc1ccc(C(=O)Nc2ccc(S(N)(=O)=O)cc2)cc1. The van der Waals surface area contributed by atoms with Gasteiger partial charge in [-0.15, -0.1) is 0 Å². The lowest BCUT2D eigenvalue weighted by Crippen LogP contribution is -2.13. The second-order valence-electron chi connectivity index (χ2n) is 6.31. The fourth-order valence-corrected chi connectivity index (χ4v) is 3.04. The van der Waals surface area contributed by atoms with E-state index in [0.29, 0.717) is 17.9 Å². The summed E-state index contributed by atoms with van der Waals surface area (Å²) < 4.78 is 28.2. The second kappa shape index (κ2) is 10.1. The first-order chi connectivity index (χ1) is 12.9. The van der Waals surface area contributed by atoms with E-state index >= 15 is 0 Å². The molecular formula is C20H26N2O4S. The summed E-state index contributed by atoms with van der Waals surface area (Å²) in [6.45, 7) is 2.86. The van der Waals surface area contributed by atoms with Gasteiger partial charge < -0.3 is 10.1 Å². The Hall–Kier alpha value is -2.38. The Kier molecular flexibility index (Phi) is 7.82. The Balaban J connectivity index is 1.84. The third-order valence-electron chi connectivity index (χ3n) is 4.07. The molecule has 0 bridgehead atoms. The van der Waals surface area contributed by atoms with Crippen LogP contribution in [0.3, 0.4) is 0 Å². The van der Waals surface area contributed by atoms with E-state index in [2.05, 4.69) is 12.2 Å². The molecule has 2 rings (SSSR count). The van der Waals surface area contributed by atoms with Crippen molar-refractivity contribution in [3.8, 4) is 5.75 Å². The summed E-state index contributed by atoms with van der Waals surface area (Å²) in [6.07, 6.45) is 5.90. The summed E-state index contributed by atoms with van der Waals surface area (Å²) in [6, 6.07) is 12.6. The van der Waals surface area contributed by atoms with Gasteiger partial charge in [-0.25, -0.2) is 13.6 Å². The number of primary sulfonamides is 1. The number of hydrogen-bond donors (Lipinski definition) is 2. The van der Waals surface area contributed by atoms with Crippen LogP contribution in [0.1, 0.15) is 49.4 Å². The van der Waals surface area contributed by atoms with Crippen LogP contribution in [0.5, 0.6) is 5.75 Å². The average Bonchev–Trinajstić information content (AvgIpc) is 2.65. The first-order valence-corrected chi connectivity index (χ1v) is 10.6. The summed E-state index contributed by atoms with van der Waals surface area (Å²) in [5.74, 6) is 0.448. The van der Waals surface area contributed by atoms with Crippen LogP contribution in [0.15, 0.2) is 53.4 Å². The molecule has 3 N–H and O–H groups in total. The van der Waals surface area contributed by atoms with Crippen LogP contribution in [0.2, 0.25) is 0 Å². The van der Waals surface area contributed by atoms with Crippen LogP contribution in [0.25, 0.3) is 0 Å². The third kappa shape index (κ3) is 7.03. The molecule has 0 aromatic heterocycles. The lowest BCUT2D eigenvalue weighted by Gasteiger charge is -2.08. The van der Waals surface area contributed by atoms with E-state index in [1.807, 2.05) is 0 Å². The first kappa shape index (κ1) is 20.9. The molecule has 0 radical (unpaired) electrons. The minimum absolute atomic E-state index is 0.00306. The van der Waals surface area contributed by atoms with Crippen LogP contribution < -0.4 is 15.2 Å². The molecule has 0 aliphatic heterocycles. The van der Waals surface area contributed by atoms with Crippen LogP contribution in [0.4, 0.5) is 5.69 Å². The molecule has 27 heavy (non-hydrogen) atoms. The number of carbonyl (C=O) groups excluding carboxylic acids is 1. The number of anilines is 1. The number of hydrogen-bond acceptors (Lipinski definition) is 4. The highest BCUT2D eigenvalue weighted by atomic mass is 32.2. The highest BCUT2D eigenvalue weighted by Crippen LogP contribution is 2.16. The van der Waals surface area contributed by atoms with Crippen molar-refractivity contribution in [3.63, 3.8) is 0 Å². The van der Waals surface area contributed by atoms with Gasteiger partial charge in [0.25, 0.3) is 5.91 Å². The number of unbranched alkanes of at least 4 members (excludes halogenated alkanes) is 4. The molecule has 0 unspecified atom stereocenters. The zero-order valence-corrected chi connectivity index (χ0v) is 16.3. The van der Waals surface area contributed by atoms with E-state index in [0.717, 1.165) is 12.2 Å². The maximum atomic E-state index is 12.3. The van der Waals surface area contributed by atoms with Crippen molar-refractivity contribution in [2.75, 3.05) is 11.9 Å². The predicted molar refractivity (Wildman–Crippen MR) is 106 cm³/mol. The van der Waals surface area contributed by atoms with Gasteiger partial charge in [0.15, 0.2) is 0 Å². The van der Waals surface area contributed by atoms with Crippen molar-refractivity contribution in [2.45, 2.75) is 43.9 Å². The fraction of sp³-hybridized carbons (Fsp3) is 0.350. The number of rotatable bonds is 10. The van der Waals surface area contributed by atoms with E-state index in [-0.39, 0.29) is 10.8 Å². The highest BCUT2D eigenvalue weighted by Gasteiger charge is 2.09. The fourth-order valence-electron chi connectivity index (χ4n) is 2.53. The molecule has 0 saturated heterocycles. The van der Waals surface area contributed by atoms with Gasteiger partial charge >= 0.3 is 0 Å². The van der Waals surface area contributed by atoms with Gasteiger partial charge in [-0.3, -0.25) is 4.79 Å². The van der Waals surface area contributed by atoms with Crippen molar-refractivity contribution < 1.29 is 17.9 Å². The van der Waals surface area contributed by atoms with Gasteiger partial charge in [0.05, 0.1) is 11.5 Å². The maximum absolute atomic E-state index is 12.3. The van der Waals surface area contributed by atoms with Crippen LogP contribution in [0, 0.1) is 0 Å². The Morgan fingerprint density at radius 2 is 1.59 bits per heavy atom. The van der Waals surface area contributed by atoms with E-state index in [4.69, 9.17) is 9.88 Å². The summed E-state index contributed by atoms with van der Waals surface area (Å²) >= 11 is 0. The van der Waals surface area contributed by atoms with Crippen LogP contribution in [-0.2, 0) is 10.0 Å². The molecule has 2 aromatic carbocycles. The third-order valence-corrected chi connectivity index (χ3v) is 5.00. The number of benzene rings is 2. The lowest BCUT2D eigenvalue weighted by molar-refractivity contribution is 0.102. The number of sulfonamides is 1. The molecule has 2 aromatic rings. The van der Waals surface area contributed by atoms with Crippen molar-refractivity contribution in [1.29, 1.82) is 0 Å². The number of amides is 1. The van der Waals surface area contributed by atoms with E-state index in [9.17, 15) is 13.2 Å². The second-order valence-corrected chi connectivity index (χ2v) is 7.87. The summed E-state index contributed by atoms with van der Waals surface area (Å²) in [5, 5.41) is 7.76. The Morgan fingerprint density at radius 3 is 2.19 bits per heavy atom. The average molecular weight is 391 g/mol. The Morgan fingerprint density at radius 1 is 0.963 bits per heavy atom. The van der Waals surface area contributed by atoms with E-state index in [1.54, 1.807) is 24.3 Å². The molecule has 0 aliphatic rings. The van der Waals surface area contributed by atoms with E-state index in [1.165, 1.54) is 49.9 Å². The molecule has 0 spiro atoms. The maximum Gasteiger partial charge on any atom is 0.255 e. The van der Waals surface area contributed by atoms with Crippen molar-refractivity contribution in [3.05, 3.63) is 54.1 Å². The number of ether oxygens (including phenoxy) is 1. The summed E-state index contributed by atoms with van der Waals surface area (Å²) in [5.41, 5.74) is 0.973. The molecule has 0 saturated carbocycles. The predicted octanol–water partition coefficient (Wildman–Crippen LogP) is 3.94. The van der Waals surface area contributed by atoms with Gasteiger partial charge in [-0.1, -0.05) is 32.6 Å². The molecular weight excluding hydrogens is 364 g/mol. The lowest BCUT2D eigenvalue weighted by atomic mass is 10.1. The van der Waals surface area contributed by atoms with E-state index < -0.39 is 10.0 Å². The van der Waals surface area contributed by atoms with Crippen LogP contribution >= 0.6 is 0 Å². The number of nitrogens with two attached hydrogens (primary N) is 1. The van der Waals surface area contributed by atoms with Gasteiger partial charge in [-0.2, -0.15) is 0 Å². The minimum atomic E-state index is -3.75.